The van der Waals surface area contributed by atoms with Crippen LogP contribution in [0.25, 0.3) is 0 Å². The van der Waals surface area contributed by atoms with Crippen molar-refractivity contribution in [2.75, 3.05) is 10.6 Å². The molecule has 1 atom stereocenters. The minimum Gasteiger partial charge on any atom is -0.507 e. The molecule has 0 aromatic heterocycles. The average molecular weight is 475 g/mol. The van der Waals surface area contributed by atoms with E-state index in [1.807, 2.05) is 0 Å². The zero-order chi connectivity index (χ0) is 25.7. The van der Waals surface area contributed by atoms with Gasteiger partial charge in [-0.25, -0.2) is 0 Å². The van der Waals surface area contributed by atoms with Crippen LogP contribution in [0.2, 0.25) is 1.41 Å². The lowest BCUT2D eigenvalue weighted by molar-refractivity contribution is -0.111. The Hall–Kier alpha value is -5.11. The molecule has 0 spiro atoms. The van der Waals surface area contributed by atoms with Crippen molar-refractivity contribution in [1.82, 2.24) is 0 Å². The highest BCUT2D eigenvalue weighted by Crippen LogP contribution is 2.46. The third-order valence-corrected chi connectivity index (χ3v) is 6.95. The standard InChI is InChI=1S/C28H14N2O6/c31-17-9-15-23(21-19(17)25(33)11-5-1-3-7-13(11)27(21)35)29-16-10-18(32)20-22(24(16)30-15)28(36)14-8-4-2-6-12(14)26(20)34/h1-10,23,29-30,32H/i/hD. The fourth-order valence-electron chi connectivity index (χ4n) is 5.36. The summed E-state index contributed by atoms with van der Waals surface area (Å²) in [6, 6.07) is 12.4. The molecule has 1 aliphatic heterocycles. The maximum absolute atomic E-state index is 13.5. The zero-order valence-electron chi connectivity index (χ0n) is 19.3. The lowest BCUT2D eigenvalue weighted by atomic mass is 9.75. The maximum atomic E-state index is 13.5. The summed E-state index contributed by atoms with van der Waals surface area (Å²) in [5.41, 5.74) is -0.0530. The molecule has 36 heavy (non-hydrogen) atoms. The van der Waals surface area contributed by atoms with E-state index in [0.29, 0.717) is 0 Å². The van der Waals surface area contributed by atoms with Crippen molar-refractivity contribution in [1.29, 1.82) is 0 Å². The minimum atomic E-state index is -1.18. The van der Waals surface area contributed by atoms with Crippen molar-refractivity contribution in [3.05, 3.63) is 111 Å². The van der Waals surface area contributed by atoms with Crippen molar-refractivity contribution < 1.29 is 30.5 Å². The van der Waals surface area contributed by atoms with Crippen LogP contribution < -0.4 is 10.6 Å². The van der Waals surface area contributed by atoms with E-state index in [1.54, 1.807) is 24.3 Å². The number of allylic oxidation sites excluding steroid dienone is 2. The highest BCUT2D eigenvalue weighted by atomic mass is 16.3. The van der Waals surface area contributed by atoms with Gasteiger partial charge in [-0.3, -0.25) is 24.0 Å². The molecule has 4 aliphatic rings. The summed E-state index contributed by atoms with van der Waals surface area (Å²) in [5, 5.41) is 14.7. The molecule has 3 aliphatic carbocycles. The lowest BCUT2D eigenvalue weighted by Crippen LogP contribution is -2.43. The van der Waals surface area contributed by atoms with Crippen molar-refractivity contribution in [2.24, 2.45) is 0 Å². The molecule has 0 saturated carbocycles. The number of aromatic hydroxyl groups is 1. The smallest absolute Gasteiger partial charge is 0.198 e. The fourth-order valence-corrected chi connectivity index (χ4v) is 5.36. The number of Topliss-reactive ketones (excluding diaryl/α,β-unsaturated/α-hetero) is 2. The van der Waals surface area contributed by atoms with E-state index in [1.165, 1.54) is 30.3 Å². The van der Waals surface area contributed by atoms with E-state index >= 15 is 0 Å². The molecule has 1 unspecified atom stereocenters. The minimum absolute atomic E-state index is 0.0132. The monoisotopic (exact) mass is 475 g/mol. The molecule has 0 amide bonds. The Kier molecular flexibility index (Phi) is 3.59. The lowest BCUT2D eigenvalue weighted by Gasteiger charge is -2.38. The number of fused-ring (bicyclic) bond motifs is 7. The highest BCUT2D eigenvalue weighted by molar-refractivity contribution is 6.40. The Labute approximate surface area is 204 Å². The van der Waals surface area contributed by atoms with Gasteiger partial charge in [0.05, 0.1) is 34.1 Å². The van der Waals surface area contributed by atoms with Crippen molar-refractivity contribution in [2.45, 2.75) is 6.04 Å². The number of hydrogen-bond acceptors (Lipinski definition) is 8. The third-order valence-electron chi connectivity index (χ3n) is 6.95. The quantitative estimate of drug-likeness (QED) is 0.261. The molecular weight excluding hydrogens is 460 g/mol. The van der Waals surface area contributed by atoms with Crippen LogP contribution in [0.5, 0.6) is 5.75 Å². The first-order chi connectivity index (χ1) is 17.8. The number of phenols is 1. The SMILES string of the molecule is [2H]N1c2cc(O)c3c(c2NC2=CC(=O)C4=C(C(=O)c5ccccc5C4=O)C21)C(=O)c1ccccc1C3=O. The molecule has 8 heteroatoms. The van der Waals surface area contributed by atoms with E-state index in [0.717, 1.165) is 11.4 Å². The predicted octanol–water partition coefficient (Wildman–Crippen LogP) is 3.22. The van der Waals surface area contributed by atoms with E-state index in [2.05, 4.69) is 5.32 Å². The van der Waals surface area contributed by atoms with E-state index in [4.69, 9.17) is 1.41 Å². The summed E-state index contributed by atoms with van der Waals surface area (Å²) in [6.45, 7) is 0. The summed E-state index contributed by atoms with van der Waals surface area (Å²) >= 11 is 0. The number of hydrogen-bond donors (Lipinski definition) is 3. The van der Waals surface area contributed by atoms with Gasteiger partial charge < -0.3 is 15.7 Å². The highest BCUT2D eigenvalue weighted by Gasteiger charge is 2.45. The van der Waals surface area contributed by atoms with Crippen LogP contribution in [-0.2, 0) is 4.79 Å². The Balaban J connectivity index is 1.45. The first-order valence-corrected chi connectivity index (χ1v) is 11.1. The summed E-state index contributed by atoms with van der Waals surface area (Å²) in [7, 11) is 0. The topological polar surface area (TPSA) is 130 Å². The van der Waals surface area contributed by atoms with Crippen LogP contribution in [-0.4, -0.2) is 40.1 Å². The Morgan fingerprint density at radius 2 is 1.31 bits per heavy atom. The molecule has 8 nitrogen and oxygen atoms in total. The predicted molar refractivity (Wildman–Crippen MR) is 128 cm³/mol. The van der Waals surface area contributed by atoms with Gasteiger partial charge in [-0.2, -0.15) is 0 Å². The molecule has 0 bridgehead atoms. The van der Waals surface area contributed by atoms with Gasteiger partial charge in [0.25, 0.3) is 0 Å². The number of carbonyl (C=O) groups excluding carboxylic acids is 5. The number of carbonyl (C=O) groups is 5. The van der Waals surface area contributed by atoms with Crippen LogP contribution in [0.3, 0.4) is 0 Å². The third kappa shape index (κ3) is 2.39. The molecular formula is C28H14N2O6. The number of rotatable bonds is 0. The Bertz CT molecular complexity index is 1780. The Morgan fingerprint density at radius 3 is 1.94 bits per heavy atom. The summed E-state index contributed by atoms with van der Waals surface area (Å²) < 4.78 is 8.92. The largest absolute Gasteiger partial charge is 0.507 e. The molecule has 3 N–H and O–H groups in total. The van der Waals surface area contributed by atoms with Crippen LogP contribution in [0, 0.1) is 0 Å². The fraction of sp³-hybridized carbons (Fsp3) is 0.0357. The number of ketones is 5. The van der Waals surface area contributed by atoms with Gasteiger partial charge in [0.2, 0.25) is 0 Å². The molecule has 7 rings (SSSR count). The molecule has 0 saturated heterocycles. The van der Waals surface area contributed by atoms with Crippen molar-refractivity contribution in [3.63, 3.8) is 0 Å². The summed E-state index contributed by atoms with van der Waals surface area (Å²) in [5.74, 6) is -3.43. The van der Waals surface area contributed by atoms with Crippen molar-refractivity contribution >= 4 is 40.3 Å². The van der Waals surface area contributed by atoms with E-state index in [9.17, 15) is 29.1 Å². The van der Waals surface area contributed by atoms with Gasteiger partial charge in [0.1, 0.15) is 5.75 Å². The van der Waals surface area contributed by atoms with Gasteiger partial charge >= 0.3 is 0 Å². The number of phenolic OH excluding ortho intramolecular Hbond substituents is 1. The van der Waals surface area contributed by atoms with Crippen LogP contribution in [0.1, 0.15) is 52.6 Å². The second-order valence-electron chi connectivity index (χ2n) is 8.86. The van der Waals surface area contributed by atoms with Gasteiger partial charge in [0, 0.05) is 45.7 Å². The van der Waals surface area contributed by atoms with E-state index in [-0.39, 0.29) is 61.6 Å². The molecule has 0 fully saturated rings. The summed E-state index contributed by atoms with van der Waals surface area (Å²) in [6.07, 6.45) is 1.13. The van der Waals surface area contributed by atoms with Gasteiger partial charge in [0.15, 0.2) is 30.3 Å². The van der Waals surface area contributed by atoms with Crippen LogP contribution in [0.4, 0.5) is 11.4 Å². The summed E-state index contributed by atoms with van der Waals surface area (Å²) in [4.78, 5) is 66.5. The molecule has 0 radical (unpaired) electrons. The number of benzene rings is 3. The number of nitrogens with one attached hydrogen (secondary N) is 2. The second kappa shape index (κ2) is 6.73. The Morgan fingerprint density at radius 1 is 0.750 bits per heavy atom. The van der Waals surface area contributed by atoms with Crippen molar-refractivity contribution in [3.8, 4) is 5.75 Å². The average Bonchev–Trinajstić information content (AvgIpc) is 2.90. The van der Waals surface area contributed by atoms with Gasteiger partial charge in [-0.05, 0) is 0 Å². The molecule has 1 heterocycles. The van der Waals surface area contributed by atoms with E-state index < -0.39 is 40.7 Å². The molecule has 3 aromatic carbocycles. The normalized spacial score (nSPS) is 19.8. The number of anilines is 2. The van der Waals surface area contributed by atoms with Gasteiger partial charge in [-0.15, -0.1) is 0 Å². The first kappa shape index (κ1) is 19.2. The maximum Gasteiger partial charge on any atom is 0.198 e. The zero-order valence-corrected chi connectivity index (χ0v) is 18.3. The van der Waals surface area contributed by atoms with Gasteiger partial charge in [-0.1, -0.05) is 48.5 Å². The van der Waals surface area contributed by atoms with Crippen LogP contribution in [0.15, 0.2) is 77.5 Å². The first-order valence-electron chi connectivity index (χ1n) is 11.6. The molecule has 172 valence electrons. The second-order valence-corrected chi connectivity index (χ2v) is 8.86. The molecule has 3 aromatic rings. The van der Waals surface area contributed by atoms with Crippen LogP contribution >= 0.6 is 0 Å².